The zero-order valence-corrected chi connectivity index (χ0v) is 11.7. The molecule has 0 nitrogen and oxygen atoms in total. The quantitative estimate of drug-likeness (QED) is 0.593. The van der Waals surface area contributed by atoms with Crippen LogP contribution >= 0.6 is 23.2 Å². The number of hydrogen-bond acceptors (Lipinski definition) is 0. The second-order valence-electron chi connectivity index (χ2n) is 4.17. The second kappa shape index (κ2) is 5.48. The third kappa shape index (κ3) is 3.07. The van der Waals surface area contributed by atoms with Crippen LogP contribution in [0.1, 0.15) is 22.3 Å². The number of halogens is 2. The Morgan fingerprint density at radius 3 is 1.44 bits per heavy atom. The molecule has 18 heavy (non-hydrogen) atoms. The van der Waals surface area contributed by atoms with E-state index in [0.29, 0.717) is 0 Å². The molecule has 0 radical (unpaired) electrons. The monoisotopic (exact) mass is 274 g/mol. The van der Waals surface area contributed by atoms with Gasteiger partial charge in [-0.15, -0.1) is 0 Å². The third-order valence-corrected chi connectivity index (χ3v) is 3.18. The van der Waals surface area contributed by atoms with Crippen molar-refractivity contribution in [3.63, 3.8) is 0 Å². The summed E-state index contributed by atoms with van der Waals surface area (Å²) in [5.74, 6) is 6.33. The lowest BCUT2D eigenvalue weighted by Gasteiger charge is -1.99. The van der Waals surface area contributed by atoms with Crippen molar-refractivity contribution >= 4 is 23.2 Å². The third-order valence-electron chi connectivity index (χ3n) is 2.71. The summed E-state index contributed by atoms with van der Waals surface area (Å²) in [7, 11) is 0. The molecule has 0 saturated carbocycles. The highest BCUT2D eigenvalue weighted by Gasteiger charge is 1.97. The van der Waals surface area contributed by atoms with Crippen LogP contribution < -0.4 is 0 Å². The van der Waals surface area contributed by atoms with E-state index in [1.807, 2.05) is 50.2 Å². The summed E-state index contributed by atoms with van der Waals surface area (Å²) in [6.07, 6.45) is 0. The molecule has 0 aliphatic heterocycles. The van der Waals surface area contributed by atoms with E-state index in [1.54, 1.807) is 0 Å². The molecular weight excluding hydrogens is 263 g/mol. The Morgan fingerprint density at radius 2 is 1.11 bits per heavy atom. The maximum atomic E-state index is 5.91. The summed E-state index contributed by atoms with van der Waals surface area (Å²) >= 11 is 11.8. The van der Waals surface area contributed by atoms with Crippen molar-refractivity contribution in [3.05, 3.63) is 68.7 Å². The van der Waals surface area contributed by atoms with Gasteiger partial charge in [-0.05, 0) is 61.4 Å². The van der Waals surface area contributed by atoms with Gasteiger partial charge in [0.05, 0.1) is 0 Å². The van der Waals surface area contributed by atoms with Crippen molar-refractivity contribution < 1.29 is 0 Å². The molecule has 90 valence electrons. The SMILES string of the molecule is Cc1cc(Cl)ccc1C#Cc1ccc(Cl)cc1C. The molecule has 0 aliphatic rings. The molecule has 0 atom stereocenters. The summed E-state index contributed by atoms with van der Waals surface area (Å²) in [6.45, 7) is 4.01. The first-order valence-electron chi connectivity index (χ1n) is 5.60. The molecule has 0 aromatic heterocycles. The Balaban J connectivity index is 2.37. The smallest absolute Gasteiger partial charge is 0.0409 e. The topological polar surface area (TPSA) is 0 Å². The van der Waals surface area contributed by atoms with Crippen LogP contribution in [0.5, 0.6) is 0 Å². The summed E-state index contributed by atoms with van der Waals surface area (Å²) in [5, 5.41) is 1.47. The molecule has 0 amide bonds. The van der Waals surface area contributed by atoms with Gasteiger partial charge >= 0.3 is 0 Å². The van der Waals surface area contributed by atoms with Gasteiger partial charge in [0.1, 0.15) is 0 Å². The van der Waals surface area contributed by atoms with Crippen LogP contribution in [-0.4, -0.2) is 0 Å². The number of hydrogen-bond donors (Lipinski definition) is 0. The Bertz CT molecular complexity index is 590. The van der Waals surface area contributed by atoms with E-state index in [9.17, 15) is 0 Å². The Labute approximate surface area is 118 Å². The molecule has 0 bridgehead atoms. The zero-order chi connectivity index (χ0) is 13.1. The van der Waals surface area contributed by atoms with Gasteiger partial charge in [-0.3, -0.25) is 0 Å². The minimum Gasteiger partial charge on any atom is -0.0843 e. The maximum absolute atomic E-state index is 5.91. The Hall–Kier alpha value is -1.42. The summed E-state index contributed by atoms with van der Waals surface area (Å²) in [6, 6.07) is 11.4. The average molecular weight is 275 g/mol. The fourth-order valence-corrected chi connectivity index (χ4v) is 2.12. The highest BCUT2D eigenvalue weighted by atomic mass is 35.5. The van der Waals surface area contributed by atoms with E-state index in [4.69, 9.17) is 23.2 Å². The van der Waals surface area contributed by atoms with Crippen LogP contribution in [0, 0.1) is 25.7 Å². The van der Waals surface area contributed by atoms with Crippen LogP contribution in [0.4, 0.5) is 0 Å². The average Bonchev–Trinajstić information content (AvgIpc) is 2.30. The number of aryl methyl sites for hydroxylation is 2. The van der Waals surface area contributed by atoms with Crippen LogP contribution in [-0.2, 0) is 0 Å². The standard InChI is InChI=1S/C16H12Cl2/c1-11-9-15(17)7-5-13(11)3-4-14-6-8-16(18)10-12(14)2/h5-10H,1-2H3. The van der Waals surface area contributed by atoms with Crippen molar-refractivity contribution in [2.45, 2.75) is 13.8 Å². The lowest BCUT2D eigenvalue weighted by Crippen LogP contribution is -1.84. The fraction of sp³-hybridized carbons (Fsp3) is 0.125. The number of benzene rings is 2. The predicted octanol–water partition coefficient (Wildman–Crippen LogP) is 5.01. The van der Waals surface area contributed by atoms with Crippen molar-refractivity contribution in [1.82, 2.24) is 0 Å². The Kier molecular flexibility index (Phi) is 3.97. The maximum Gasteiger partial charge on any atom is 0.0409 e. The van der Waals surface area contributed by atoms with E-state index < -0.39 is 0 Å². The molecule has 2 rings (SSSR count). The molecule has 2 heteroatoms. The molecule has 0 spiro atoms. The van der Waals surface area contributed by atoms with Gasteiger partial charge in [-0.1, -0.05) is 35.0 Å². The van der Waals surface area contributed by atoms with Crippen LogP contribution in [0.15, 0.2) is 36.4 Å². The molecule has 0 aliphatic carbocycles. The summed E-state index contributed by atoms with van der Waals surface area (Å²) in [5.41, 5.74) is 4.16. The van der Waals surface area contributed by atoms with E-state index >= 15 is 0 Å². The van der Waals surface area contributed by atoms with Crippen molar-refractivity contribution in [2.75, 3.05) is 0 Å². The second-order valence-corrected chi connectivity index (χ2v) is 5.04. The first-order chi connectivity index (χ1) is 8.56. The summed E-state index contributed by atoms with van der Waals surface area (Å²) < 4.78 is 0. The predicted molar refractivity (Wildman–Crippen MR) is 78.4 cm³/mol. The number of rotatable bonds is 0. The van der Waals surface area contributed by atoms with Crippen LogP contribution in [0.25, 0.3) is 0 Å². The molecule has 0 unspecified atom stereocenters. The van der Waals surface area contributed by atoms with E-state index in [0.717, 1.165) is 32.3 Å². The van der Waals surface area contributed by atoms with Crippen molar-refractivity contribution in [2.24, 2.45) is 0 Å². The highest BCUT2D eigenvalue weighted by Crippen LogP contribution is 2.16. The van der Waals surface area contributed by atoms with Gasteiger partial charge in [0.15, 0.2) is 0 Å². The van der Waals surface area contributed by atoms with E-state index in [2.05, 4.69) is 11.8 Å². The summed E-state index contributed by atoms with van der Waals surface area (Å²) in [4.78, 5) is 0. The van der Waals surface area contributed by atoms with Crippen LogP contribution in [0.3, 0.4) is 0 Å². The van der Waals surface area contributed by atoms with Gasteiger partial charge in [-0.25, -0.2) is 0 Å². The molecular formula is C16H12Cl2. The molecule has 0 N–H and O–H groups in total. The zero-order valence-electron chi connectivity index (χ0n) is 10.2. The van der Waals surface area contributed by atoms with Gasteiger partial charge in [0.25, 0.3) is 0 Å². The minimum absolute atomic E-state index is 0.737. The van der Waals surface area contributed by atoms with Crippen molar-refractivity contribution in [3.8, 4) is 11.8 Å². The first kappa shape index (κ1) is 13.0. The molecule has 2 aromatic carbocycles. The lowest BCUT2D eigenvalue weighted by molar-refractivity contribution is 1.42. The van der Waals surface area contributed by atoms with Gasteiger partial charge in [-0.2, -0.15) is 0 Å². The largest absolute Gasteiger partial charge is 0.0843 e. The van der Waals surface area contributed by atoms with Gasteiger partial charge < -0.3 is 0 Å². The van der Waals surface area contributed by atoms with E-state index in [-0.39, 0.29) is 0 Å². The van der Waals surface area contributed by atoms with E-state index in [1.165, 1.54) is 0 Å². The fourth-order valence-electron chi connectivity index (χ4n) is 1.67. The molecule has 0 fully saturated rings. The lowest BCUT2D eigenvalue weighted by atomic mass is 10.1. The molecule has 2 aromatic rings. The van der Waals surface area contributed by atoms with Crippen LogP contribution in [0.2, 0.25) is 10.0 Å². The molecule has 0 saturated heterocycles. The molecule has 0 heterocycles. The van der Waals surface area contributed by atoms with Gasteiger partial charge in [0.2, 0.25) is 0 Å². The Morgan fingerprint density at radius 1 is 0.722 bits per heavy atom. The minimum atomic E-state index is 0.737. The van der Waals surface area contributed by atoms with Crippen molar-refractivity contribution in [1.29, 1.82) is 0 Å². The highest BCUT2D eigenvalue weighted by molar-refractivity contribution is 6.31. The van der Waals surface area contributed by atoms with Gasteiger partial charge in [0, 0.05) is 21.2 Å². The first-order valence-corrected chi connectivity index (χ1v) is 6.36. The normalized spacial score (nSPS) is 9.78.